The summed E-state index contributed by atoms with van der Waals surface area (Å²) in [5.41, 5.74) is 1.84. The maximum absolute atomic E-state index is 11.2. The van der Waals surface area contributed by atoms with E-state index in [0.717, 1.165) is 12.1 Å². The molecule has 0 saturated heterocycles. The summed E-state index contributed by atoms with van der Waals surface area (Å²) in [7, 11) is 0. The highest BCUT2D eigenvalue weighted by atomic mass is 16.6. The quantitative estimate of drug-likeness (QED) is 0.636. The predicted octanol–water partition coefficient (Wildman–Crippen LogP) is 1.74. The lowest BCUT2D eigenvalue weighted by Crippen LogP contribution is -2.46. The summed E-state index contributed by atoms with van der Waals surface area (Å²) < 4.78 is 4.54. The molecule has 0 aromatic heterocycles. The van der Waals surface area contributed by atoms with Crippen LogP contribution in [0, 0.1) is 10.1 Å². The van der Waals surface area contributed by atoms with E-state index < -0.39 is 17.1 Å². The normalized spacial score (nSPS) is 9.53. The largest absolute Gasteiger partial charge is 0.463 e. The number of amides is 2. The number of nitro groups is 1. The van der Waals surface area contributed by atoms with Gasteiger partial charge in [0, 0.05) is 12.1 Å². The van der Waals surface area contributed by atoms with Gasteiger partial charge in [-0.3, -0.25) is 10.1 Å². The molecule has 0 fully saturated rings. The number of nitro benzene ring substituents is 1. The van der Waals surface area contributed by atoms with Crippen molar-refractivity contribution in [1.29, 1.82) is 0 Å². The molecule has 1 aromatic rings. The van der Waals surface area contributed by atoms with Crippen LogP contribution in [0.4, 0.5) is 21.0 Å². The molecule has 2 N–H and O–H groups in total. The summed E-state index contributed by atoms with van der Waals surface area (Å²) >= 11 is 0. The van der Waals surface area contributed by atoms with Crippen molar-refractivity contribution in [3.63, 3.8) is 0 Å². The average Bonchev–Trinajstić information content (AvgIpc) is 2.36. The molecule has 0 bridgehead atoms. The minimum Gasteiger partial charge on any atom is -0.463 e. The van der Waals surface area contributed by atoms with Crippen molar-refractivity contribution in [2.24, 2.45) is 0 Å². The van der Waals surface area contributed by atoms with Crippen molar-refractivity contribution in [2.75, 3.05) is 11.6 Å². The van der Waals surface area contributed by atoms with Crippen molar-refractivity contribution >= 4 is 23.6 Å². The van der Waals surface area contributed by atoms with Gasteiger partial charge in [-0.25, -0.2) is 15.0 Å². The number of rotatable bonds is 3. The number of carbonyl (C=O) groups is 2. The second kappa shape index (κ2) is 6.19. The van der Waals surface area contributed by atoms with E-state index in [1.165, 1.54) is 12.1 Å². The lowest BCUT2D eigenvalue weighted by atomic mass is 10.3. The molecular weight excluding hydrogens is 258 g/mol. The number of ether oxygens (including phenoxy) is 1. The Morgan fingerprint density at radius 1 is 1.42 bits per heavy atom. The van der Waals surface area contributed by atoms with Crippen LogP contribution in [0.3, 0.4) is 0 Å². The molecule has 2 amide bonds. The van der Waals surface area contributed by atoms with Gasteiger partial charge in [-0.15, -0.1) is 0 Å². The number of benzene rings is 1. The SMILES string of the molecule is CCOC(=O)NN(C(=O)O)c1ccc([N+](=O)[O-])cc1. The van der Waals surface area contributed by atoms with Gasteiger partial charge >= 0.3 is 12.2 Å². The standard InChI is InChI=1S/C10H11N3O6/c1-2-19-9(14)11-12(10(15)16)7-3-5-8(6-4-7)13(17)18/h3-6H,2H2,1H3,(H,11,14)(H,15,16). The van der Waals surface area contributed by atoms with Crippen LogP contribution in [0.5, 0.6) is 0 Å². The third-order valence-electron chi connectivity index (χ3n) is 1.99. The molecule has 19 heavy (non-hydrogen) atoms. The lowest BCUT2D eigenvalue weighted by molar-refractivity contribution is -0.384. The fraction of sp³-hybridized carbons (Fsp3) is 0.200. The van der Waals surface area contributed by atoms with Crippen LogP contribution in [0.15, 0.2) is 24.3 Å². The highest BCUT2D eigenvalue weighted by Gasteiger charge is 2.18. The van der Waals surface area contributed by atoms with Crippen molar-refractivity contribution in [1.82, 2.24) is 5.43 Å². The van der Waals surface area contributed by atoms with E-state index in [-0.39, 0.29) is 18.0 Å². The van der Waals surface area contributed by atoms with Gasteiger partial charge in [0.2, 0.25) is 0 Å². The molecule has 1 aromatic carbocycles. The third-order valence-corrected chi connectivity index (χ3v) is 1.99. The minimum atomic E-state index is -1.46. The van der Waals surface area contributed by atoms with Crippen LogP contribution < -0.4 is 10.4 Å². The summed E-state index contributed by atoms with van der Waals surface area (Å²) in [6, 6.07) is 4.63. The van der Waals surface area contributed by atoms with Crippen molar-refractivity contribution in [2.45, 2.75) is 6.92 Å². The Kier molecular flexibility index (Phi) is 4.63. The number of hydrogen-bond donors (Lipinski definition) is 2. The van der Waals surface area contributed by atoms with Gasteiger partial charge in [-0.1, -0.05) is 0 Å². The molecule has 9 heteroatoms. The maximum Gasteiger partial charge on any atom is 0.431 e. The molecule has 0 heterocycles. The third kappa shape index (κ3) is 3.84. The van der Waals surface area contributed by atoms with E-state index in [4.69, 9.17) is 5.11 Å². The molecule has 1 rings (SSSR count). The number of hydrazine groups is 1. The van der Waals surface area contributed by atoms with Crippen LogP contribution in [0.1, 0.15) is 6.92 Å². The van der Waals surface area contributed by atoms with Gasteiger partial charge in [0.05, 0.1) is 17.2 Å². The van der Waals surface area contributed by atoms with E-state index >= 15 is 0 Å². The Labute approximate surface area is 107 Å². The summed E-state index contributed by atoms with van der Waals surface area (Å²) in [6.07, 6.45) is -2.40. The number of anilines is 1. The first-order chi connectivity index (χ1) is 8.95. The van der Waals surface area contributed by atoms with Gasteiger partial charge in [0.1, 0.15) is 0 Å². The van der Waals surface area contributed by atoms with Crippen LogP contribution in [-0.2, 0) is 4.74 Å². The average molecular weight is 269 g/mol. The van der Waals surface area contributed by atoms with Gasteiger partial charge in [-0.2, -0.15) is 5.01 Å². The smallest absolute Gasteiger partial charge is 0.431 e. The van der Waals surface area contributed by atoms with Gasteiger partial charge in [-0.05, 0) is 19.1 Å². The van der Waals surface area contributed by atoms with Gasteiger partial charge in [0.15, 0.2) is 0 Å². The van der Waals surface area contributed by atoms with Crippen LogP contribution in [0.25, 0.3) is 0 Å². The number of nitrogens with one attached hydrogen (secondary N) is 1. The highest BCUT2D eigenvalue weighted by Crippen LogP contribution is 2.18. The second-order valence-corrected chi connectivity index (χ2v) is 3.22. The zero-order chi connectivity index (χ0) is 14.4. The Balaban J connectivity index is 2.90. The summed E-state index contributed by atoms with van der Waals surface area (Å²) in [4.78, 5) is 32.0. The van der Waals surface area contributed by atoms with E-state index in [0.29, 0.717) is 5.01 Å². The first-order valence-corrected chi connectivity index (χ1v) is 5.16. The molecule has 0 aliphatic carbocycles. The summed E-state index contributed by atoms with van der Waals surface area (Å²) in [5.74, 6) is 0. The number of hydrogen-bond acceptors (Lipinski definition) is 5. The predicted molar refractivity (Wildman–Crippen MR) is 63.8 cm³/mol. The maximum atomic E-state index is 11.2. The summed E-state index contributed by atoms with van der Waals surface area (Å²) in [6.45, 7) is 1.65. The van der Waals surface area contributed by atoms with Crippen LogP contribution >= 0.6 is 0 Å². The molecule has 0 saturated carbocycles. The molecule has 102 valence electrons. The molecule has 0 radical (unpaired) electrons. The Morgan fingerprint density at radius 2 is 2.00 bits per heavy atom. The van der Waals surface area contributed by atoms with E-state index in [1.807, 2.05) is 5.43 Å². The van der Waals surface area contributed by atoms with Crippen LogP contribution in [-0.4, -0.2) is 28.8 Å². The molecule has 0 spiro atoms. The fourth-order valence-corrected chi connectivity index (χ4v) is 1.20. The van der Waals surface area contributed by atoms with Crippen molar-refractivity contribution in [3.05, 3.63) is 34.4 Å². The molecule has 0 aliphatic rings. The number of carbonyl (C=O) groups excluding carboxylic acids is 1. The first-order valence-electron chi connectivity index (χ1n) is 5.16. The van der Waals surface area contributed by atoms with Gasteiger partial charge < -0.3 is 9.84 Å². The molecule has 0 aliphatic heterocycles. The number of carboxylic acid groups (broad SMARTS) is 1. The van der Waals surface area contributed by atoms with Crippen molar-refractivity contribution < 1.29 is 24.4 Å². The fourth-order valence-electron chi connectivity index (χ4n) is 1.20. The zero-order valence-corrected chi connectivity index (χ0v) is 9.90. The van der Waals surface area contributed by atoms with Crippen LogP contribution in [0.2, 0.25) is 0 Å². The first kappa shape index (κ1) is 14.2. The monoisotopic (exact) mass is 269 g/mol. The van der Waals surface area contributed by atoms with E-state index in [1.54, 1.807) is 6.92 Å². The number of nitrogens with zero attached hydrogens (tertiary/aromatic N) is 2. The van der Waals surface area contributed by atoms with E-state index in [2.05, 4.69) is 4.74 Å². The molecule has 9 nitrogen and oxygen atoms in total. The Hall–Kier alpha value is -2.84. The Bertz CT molecular complexity index is 487. The zero-order valence-electron chi connectivity index (χ0n) is 9.90. The number of non-ortho nitro benzene ring substituents is 1. The van der Waals surface area contributed by atoms with Crippen molar-refractivity contribution in [3.8, 4) is 0 Å². The summed E-state index contributed by atoms with van der Waals surface area (Å²) in [5, 5.41) is 19.9. The Morgan fingerprint density at radius 3 is 2.42 bits per heavy atom. The van der Waals surface area contributed by atoms with E-state index in [9.17, 15) is 19.7 Å². The van der Waals surface area contributed by atoms with Gasteiger partial charge in [0.25, 0.3) is 5.69 Å². The minimum absolute atomic E-state index is 0.0474. The topological polar surface area (TPSA) is 122 Å². The lowest BCUT2D eigenvalue weighted by Gasteiger charge is -2.19. The molecule has 0 atom stereocenters. The second-order valence-electron chi connectivity index (χ2n) is 3.22. The highest BCUT2D eigenvalue weighted by molar-refractivity contribution is 5.89. The molecular formula is C10H11N3O6. The molecule has 0 unspecified atom stereocenters.